The molecule has 0 bridgehead atoms. The van der Waals surface area contributed by atoms with E-state index < -0.39 is 0 Å². The number of carbonyl (C=O) groups is 2. The van der Waals surface area contributed by atoms with Gasteiger partial charge >= 0.3 is 6.03 Å². The summed E-state index contributed by atoms with van der Waals surface area (Å²) in [5.41, 5.74) is 0.595. The summed E-state index contributed by atoms with van der Waals surface area (Å²) in [4.78, 5) is 30.2. The number of amides is 3. The number of nitrogens with zero attached hydrogens (tertiary/aromatic N) is 3. The van der Waals surface area contributed by atoms with Gasteiger partial charge in [0.05, 0.1) is 12.2 Å². The van der Waals surface area contributed by atoms with Gasteiger partial charge in [-0.25, -0.2) is 9.18 Å². The Balaban J connectivity index is 1.47. The lowest BCUT2D eigenvalue weighted by Gasteiger charge is -2.42. The molecule has 0 aliphatic carbocycles. The van der Waals surface area contributed by atoms with Crippen molar-refractivity contribution in [2.75, 3.05) is 51.2 Å². The molecule has 2 saturated heterocycles. The van der Waals surface area contributed by atoms with Gasteiger partial charge in [0.1, 0.15) is 5.82 Å². The Kier molecular flexibility index (Phi) is 6.72. The smallest absolute Gasteiger partial charge is 0.317 e. The highest BCUT2D eigenvalue weighted by Crippen LogP contribution is 2.22. The lowest BCUT2D eigenvalue weighted by Crippen LogP contribution is -2.58. The van der Waals surface area contributed by atoms with Crippen LogP contribution in [0.5, 0.6) is 0 Å². The molecule has 28 heavy (non-hydrogen) atoms. The predicted octanol–water partition coefficient (Wildman–Crippen LogP) is 1.26. The number of piperidine rings is 1. The van der Waals surface area contributed by atoms with Crippen molar-refractivity contribution < 1.29 is 14.0 Å². The molecule has 0 unspecified atom stereocenters. The fraction of sp³-hybridized carbons (Fsp3) is 0.600. The Morgan fingerprint density at radius 3 is 2.50 bits per heavy atom. The molecule has 0 radical (unpaired) electrons. The van der Waals surface area contributed by atoms with E-state index in [1.54, 1.807) is 19.2 Å². The van der Waals surface area contributed by atoms with Gasteiger partial charge in [0.2, 0.25) is 5.91 Å². The number of nitrogens with one attached hydrogen (secondary N) is 2. The minimum absolute atomic E-state index is 0.00157. The second-order valence-corrected chi connectivity index (χ2v) is 7.61. The summed E-state index contributed by atoms with van der Waals surface area (Å²) in [5, 5.41) is 5.78. The van der Waals surface area contributed by atoms with Gasteiger partial charge in [-0.05, 0) is 31.9 Å². The number of benzene rings is 1. The Morgan fingerprint density at radius 1 is 1.14 bits per heavy atom. The molecule has 3 amide bonds. The summed E-state index contributed by atoms with van der Waals surface area (Å²) >= 11 is 0. The number of hydrogen-bond donors (Lipinski definition) is 2. The summed E-state index contributed by atoms with van der Waals surface area (Å²) in [7, 11) is 1.64. The van der Waals surface area contributed by atoms with Crippen LogP contribution in [0.2, 0.25) is 0 Å². The van der Waals surface area contributed by atoms with Gasteiger partial charge in [0.15, 0.2) is 0 Å². The first-order valence-electron chi connectivity index (χ1n) is 9.97. The number of piperazine rings is 1. The van der Waals surface area contributed by atoms with Crippen molar-refractivity contribution in [1.82, 2.24) is 20.4 Å². The van der Waals surface area contributed by atoms with E-state index in [-0.39, 0.29) is 29.8 Å². The van der Waals surface area contributed by atoms with Crippen LogP contribution >= 0.6 is 0 Å². The van der Waals surface area contributed by atoms with Crippen LogP contribution in [0.4, 0.5) is 14.9 Å². The molecular weight excluding hydrogens is 361 g/mol. The normalized spacial score (nSPS) is 21.5. The zero-order valence-corrected chi connectivity index (χ0v) is 16.7. The second-order valence-electron chi connectivity index (χ2n) is 7.61. The molecule has 0 aromatic heterocycles. The third-order valence-corrected chi connectivity index (χ3v) is 5.64. The second kappa shape index (κ2) is 9.23. The lowest BCUT2D eigenvalue weighted by molar-refractivity contribution is -0.122. The zero-order chi connectivity index (χ0) is 20.1. The molecular formula is C20H30FN5O2. The first-order chi connectivity index (χ1) is 13.5. The Labute approximate surface area is 165 Å². The molecule has 3 rings (SSSR count). The van der Waals surface area contributed by atoms with Crippen LogP contribution < -0.4 is 15.5 Å². The van der Waals surface area contributed by atoms with Crippen LogP contribution in [-0.4, -0.2) is 80.1 Å². The number of carbonyl (C=O) groups excluding carboxylic acids is 2. The first kappa shape index (κ1) is 20.4. The van der Waals surface area contributed by atoms with E-state index in [0.717, 1.165) is 25.9 Å². The van der Waals surface area contributed by atoms with E-state index in [1.807, 2.05) is 22.8 Å². The van der Waals surface area contributed by atoms with Crippen molar-refractivity contribution in [3.63, 3.8) is 0 Å². The van der Waals surface area contributed by atoms with E-state index in [1.165, 1.54) is 6.07 Å². The molecule has 154 valence electrons. The van der Waals surface area contributed by atoms with E-state index in [9.17, 15) is 14.0 Å². The highest BCUT2D eigenvalue weighted by molar-refractivity contribution is 5.77. The van der Waals surface area contributed by atoms with Gasteiger partial charge in [0.25, 0.3) is 0 Å². The minimum Gasteiger partial charge on any atom is -0.365 e. The van der Waals surface area contributed by atoms with E-state index >= 15 is 0 Å². The third kappa shape index (κ3) is 4.92. The molecule has 0 saturated carbocycles. The maximum absolute atomic E-state index is 14.0. The zero-order valence-electron chi connectivity index (χ0n) is 16.7. The molecule has 1 atom stereocenters. The molecule has 8 heteroatoms. The Morgan fingerprint density at radius 2 is 1.86 bits per heavy atom. The number of para-hydroxylation sites is 1. The molecule has 2 aliphatic rings. The van der Waals surface area contributed by atoms with Gasteiger partial charge in [-0.1, -0.05) is 12.1 Å². The van der Waals surface area contributed by atoms with Crippen LogP contribution in [0.3, 0.4) is 0 Å². The number of likely N-dealkylation sites (tertiary alicyclic amines) is 1. The van der Waals surface area contributed by atoms with Crippen molar-refractivity contribution >= 4 is 17.6 Å². The topological polar surface area (TPSA) is 67.9 Å². The van der Waals surface area contributed by atoms with E-state index in [0.29, 0.717) is 31.9 Å². The molecule has 2 heterocycles. The predicted molar refractivity (Wildman–Crippen MR) is 107 cm³/mol. The van der Waals surface area contributed by atoms with Crippen molar-refractivity contribution in [2.24, 2.45) is 0 Å². The van der Waals surface area contributed by atoms with Crippen molar-refractivity contribution in [2.45, 2.75) is 31.8 Å². The van der Waals surface area contributed by atoms with Gasteiger partial charge < -0.3 is 20.4 Å². The molecule has 2 N–H and O–H groups in total. The molecule has 0 spiro atoms. The minimum atomic E-state index is -0.226. The largest absolute Gasteiger partial charge is 0.365 e. The Bertz CT molecular complexity index is 693. The highest BCUT2D eigenvalue weighted by atomic mass is 19.1. The molecule has 2 fully saturated rings. The monoisotopic (exact) mass is 391 g/mol. The van der Waals surface area contributed by atoms with Crippen molar-refractivity contribution in [3.8, 4) is 0 Å². The van der Waals surface area contributed by atoms with Crippen molar-refractivity contribution in [1.29, 1.82) is 0 Å². The van der Waals surface area contributed by atoms with Gasteiger partial charge in [-0.3, -0.25) is 9.69 Å². The SMILES string of the molecule is CNC(=O)CN1CCC(NC(=O)N2CCN(c3ccccc3F)C[C@@H]2C)CC1. The van der Waals surface area contributed by atoms with Crippen LogP contribution in [-0.2, 0) is 4.79 Å². The van der Waals surface area contributed by atoms with Crippen LogP contribution in [0.15, 0.2) is 24.3 Å². The van der Waals surface area contributed by atoms with E-state index in [4.69, 9.17) is 0 Å². The maximum atomic E-state index is 14.0. The first-order valence-corrected chi connectivity index (χ1v) is 9.97. The third-order valence-electron chi connectivity index (χ3n) is 5.64. The summed E-state index contributed by atoms with van der Waals surface area (Å²) in [5.74, 6) is -0.208. The van der Waals surface area contributed by atoms with Crippen LogP contribution in [0.25, 0.3) is 0 Å². The average molecular weight is 391 g/mol. The fourth-order valence-corrected chi connectivity index (χ4v) is 3.96. The average Bonchev–Trinajstić information content (AvgIpc) is 2.69. The standard InChI is InChI=1S/C20H30FN5O2/c1-15-13-25(18-6-4-3-5-17(18)21)11-12-26(15)20(28)23-16-7-9-24(10-8-16)14-19(27)22-2/h3-6,15-16H,7-14H2,1-2H3,(H,22,27)(H,23,28)/t15-/m0/s1. The van der Waals surface area contributed by atoms with Crippen molar-refractivity contribution in [3.05, 3.63) is 30.1 Å². The molecule has 7 nitrogen and oxygen atoms in total. The number of urea groups is 1. The van der Waals surface area contributed by atoms with Gasteiger partial charge in [0, 0.05) is 51.9 Å². The van der Waals surface area contributed by atoms with E-state index in [2.05, 4.69) is 15.5 Å². The summed E-state index contributed by atoms with van der Waals surface area (Å²) < 4.78 is 14.0. The lowest BCUT2D eigenvalue weighted by atomic mass is 10.1. The maximum Gasteiger partial charge on any atom is 0.317 e. The van der Waals surface area contributed by atoms with Crippen LogP contribution in [0, 0.1) is 5.82 Å². The molecule has 2 aliphatic heterocycles. The van der Waals surface area contributed by atoms with Gasteiger partial charge in [-0.15, -0.1) is 0 Å². The number of hydrogen-bond acceptors (Lipinski definition) is 4. The fourth-order valence-electron chi connectivity index (χ4n) is 3.96. The number of anilines is 1. The number of likely N-dealkylation sites (N-methyl/N-ethyl adjacent to an activating group) is 1. The summed E-state index contributed by atoms with van der Waals surface area (Å²) in [6, 6.07) is 6.85. The quantitative estimate of drug-likeness (QED) is 0.811. The molecule has 1 aromatic rings. The number of halogens is 1. The van der Waals surface area contributed by atoms with Gasteiger partial charge in [-0.2, -0.15) is 0 Å². The molecule has 1 aromatic carbocycles. The summed E-state index contributed by atoms with van der Waals surface area (Å²) in [6.07, 6.45) is 1.68. The summed E-state index contributed by atoms with van der Waals surface area (Å²) in [6.45, 7) is 5.80. The van der Waals surface area contributed by atoms with Crippen LogP contribution in [0.1, 0.15) is 19.8 Å². The Hall–Kier alpha value is -2.35. The number of rotatable bonds is 4. The highest BCUT2D eigenvalue weighted by Gasteiger charge is 2.30.